The largest absolute Gasteiger partial charge is 0.347 e. The molecule has 42 heteroatoms. The predicted octanol–water partition coefficient (Wildman–Crippen LogP) is 7.97. The van der Waals surface area contributed by atoms with Crippen molar-refractivity contribution in [2.75, 3.05) is 63.1 Å². The second-order valence-corrected chi connectivity index (χ2v) is 58.1. The van der Waals surface area contributed by atoms with Crippen LogP contribution < -0.4 is 63.8 Å². The summed E-state index contributed by atoms with van der Waals surface area (Å²) in [4.78, 5) is 209. The fourth-order valence-electron chi connectivity index (χ4n) is 25.2. The van der Waals surface area contributed by atoms with E-state index in [9.17, 15) is 97.2 Å². The lowest BCUT2D eigenvalue weighted by molar-refractivity contribution is -0.145. The number of ketones is 3. The molecule has 0 aromatic heterocycles. The maximum Gasteiger partial charge on any atom is 0.315 e. The van der Waals surface area contributed by atoms with Gasteiger partial charge in [0.05, 0.1) is 52.0 Å². The van der Waals surface area contributed by atoms with E-state index in [2.05, 4.69) is 105 Å². The monoisotopic (exact) mass is 2150 g/mol. The topological polar surface area (TPSA) is 522 Å². The number of sulfonamides is 3. The Morgan fingerprint density at radius 3 is 0.893 bits per heavy atom. The number of urea groups is 3. The Morgan fingerprint density at radius 1 is 0.356 bits per heavy atom. The molecule has 39 nitrogen and oxygen atoms in total. The van der Waals surface area contributed by atoms with Gasteiger partial charge in [0, 0.05) is 76.0 Å². The molecule has 15 atom stereocenters. The molecule has 15 aliphatic rings. The van der Waals surface area contributed by atoms with Crippen LogP contribution in [0.4, 0.5) is 14.4 Å². The van der Waals surface area contributed by atoms with Gasteiger partial charge < -0.3 is 78.5 Å². The Labute approximate surface area is 884 Å². The van der Waals surface area contributed by atoms with E-state index in [0.29, 0.717) is 116 Å². The van der Waals surface area contributed by atoms with Crippen molar-refractivity contribution in [2.24, 2.45) is 73.9 Å². The van der Waals surface area contributed by atoms with E-state index in [-0.39, 0.29) is 105 Å². The highest BCUT2D eigenvalue weighted by molar-refractivity contribution is 7.89. The SMILES string of the molecule is CC(C)(C)[C@H](NC(=O)NC1(CS(=O)(=O)N2CCC2)CCCCC1)C(=O)N1C[C@H]2[C@@H]([C@H]1C(=O)N[C@@H](CC1CC1)C(=O)C(=O)NC1CC1)C2(C)C.CCCC[C@H](NC(=O)[C@@H]1[C@@H]2[C@H](CN1C(=O)[C@@H](NC(=O)NC1(CS(=O)(=O)N(C(C)C)C(C)C)CCCCC1)C(C)(C)C)C2(C)C)C(=O)C(=O)NC1CC1.CCC[C@H](NC(=O)[C@@H]1[C@@H]2[C@H](CN1C(=O)[C@@H](NC(=O)NC1(CS(=O)(=O)N3CCC3)CCCCC1)C(C)(C)C)C2(C)C)C(=O)C(=O)NC1CC1. The zero-order valence-corrected chi connectivity index (χ0v) is 95.0. The second kappa shape index (κ2) is 45.7. The minimum atomic E-state index is -3.75. The Morgan fingerprint density at radius 2 is 0.638 bits per heavy atom. The van der Waals surface area contributed by atoms with Gasteiger partial charge in [-0.15, -0.1) is 0 Å². The number of Topliss-reactive ketones (excluding diaryl/α,β-unsaturated/α-hetero) is 3. The average molecular weight is 2150 g/mol. The van der Waals surface area contributed by atoms with Crippen LogP contribution in [0.3, 0.4) is 0 Å². The standard InChI is InChI=1S/C38H66N6O7S.C35H56N6O7S.C34H56N6O7S/c1-11-12-16-27(30(45)33(47)39-25-17-18-25)40-32(46)29-28-26(37(28,9)10)21-43(29)34(48)31(36(6,7)8)41-35(49)42-38(19-14-13-15-20-38)22-52(50,51)44(23(2)3)24(4)5;1-33(2,3)28(38-32(46)39-35(14-7-6-8-15-35)20-49(47,48)40-16-9-17-40)31(45)41-19-23-25(34(23,4)5)26(41)29(43)37-24(18-21-10-11-21)27(42)30(44)36-22-12-13-22;1-7-12-23(26(41)29(43)35-21-13-14-21)36-28(42)25-24-22(33(24,5)6)19-40(25)30(44)27(32(2,3)4)37-31(45)38-34(15-9-8-10-16-34)20-48(46,47)39-17-11-18-39/h23-29,31H,11-22H2,1-10H3,(H,39,47)(H,40,46)(H2,41,42,49);21-26,28H,6-20H2,1-5H3,(H,36,44)(H,37,43)(H2,38,39,46);21-25,27H,7-20H2,1-6H3,(H,35,43)(H,36,42)(H2,37,38,45)/t26-,27-,28-,29-,31+;23-,24-,25-,26-,28+;22-,23-,24-,25-,27+/m000/s1. The smallest absolute Gasteiger partial charge is 0.315 e. The molecule has 10 saturated carbocycles. The number of rotatable bonds is 42. The van der Waals surface area contributed by atoms with Gasteiger partial charge in [0.25, 0.3) is 17.7 Å². The molecule has 15 fully saturated rings. The Kier molecular flexibility index (Phi) is 36.1. The first kappa shape index (κ1) is 118. The summed E-state index contributed by atoms with van der Waals surface area (Å²) < 4.78 is 84.8. The Balaban J connectivity index is 0.000000187. The van der Waals surface area contributed by atoms with Gasteiger partial charge in [0.2, 0.25) is 82.9 Å². The van der Waals surface area contributed by atoms with Crippen LogP contribution in [-0.4, -0.2) is 306 Å². The molecule has 0 bridgehead atoms. The Bertz CT molecular complexity index is 5330. The minimum absolute atomic E-state index is 0.00106. The molecule has 5 aliphatic heterocycles. The first-order valence-electron chi connectivity index (χ1n) is 56.0. The molecule has 15 rings (SSSR count). The zero-order valence-electron chi connectivity index (χ0n) is 92.6. The minimum Gasteiger partial charge on any atom is -0.347 e. The van der Waals surface area contributed by atoms with E-state index in [4.69, 9.17) is 0 Å². The molecule has 5 heterocycles. The highest BCUT2D eigenvalue weighted by Gasteiger charge is 2.73. The maximum absolute atomic E-state index is 14.6. The lowest BCUT2D eigenvalue weighted by atomic mass is 9.83. The van der Waals surface area contributed by atoms with Crippen LogP contribution >= 0.6 is 0 Å². The van der Waals surface area contributed by atoms with E-state index in [0.717, 1.165) is 128 Å². The van der Waals surface area contributed by atoms with Crippen LogP contribution in [0.15, 0.2) is 0 Å². The van der Waals surface area contributed by atoms with Crippen molar-refractivity contribution in [1.82, 2.24) is 91.4 Å². The molecule has 0 aromatic rings. The number of nitrogens with one attached hydrogen (secondary N) is 12. The van der Waals surface area contributed by atoms with Crippen LogP contribution in [0.1, 0.15) is 344 Å². The fraction of sp³-hybridized carbons (Fsp3) is 0.860. The van der Waals surface area contributed by atoms with Gasteiger partial charge in [-0.3, -0.25) is 57.5 Å². The maximum atomic E-state index is 14.6. The molecule has 0 radical (unpaired) electrons. The van der Waals surface area contributed by atoms with Crippen molar-refractivity contribution < 1.29 is 97.2 Å². The number of carbonyl (C=O) groups is 15. The summed E-state index contributed by atoms with van der Waals surface area (Å²) in [6, 6.07) is -10.9. The predicted molar refractivity (Wildman–Crippen MR) is 563 cm³/mol. The molecule has 0 aromatic carbocycles. The Hall–Kier alpha value is -8.22. The summed E-state index contributed by atoms with van der Waals surface area (Å²) in [5, 5.41) is 34.5. The van der Waals surface area contributed by atoms with Gasteiger partial charge in [-0.2, -0.15) is 4.31 Å². The summed E-state index contributed by atoms with van der Waals surface area (Å²) in [5.74, 6) is -7.17. The van der Waals surface area contributed by atoms with E-state index >= 15 is 0 Å². The van der Waals surface area contributed by atoms with Crippen LogP contribution in [0.2, 0.25) is 0 Å². The number of unbranched alkanes of at least 4 members (excludes halogenated alkanes) is 1. The molecule has 840 valence electrons. The van der Waals surface area contributed by atoms with Gasteiger partial charge in [0.1, 0.15) is 36.3 Å². The highest BCUT2D eigenvalue weighted by atomic mass is 32.2. The van der Waals surface area contributed by atoms with Crippen molar-refractivity contribution in [3.8, 4) is 0 Å². The van der Waals surface area contributed by atoms with Gasteiger partial charge in [-0.1, -0.05) is 208 Å². The number of likely N-dealkylation sites (tertiary alicyclic amines) is 3. The number of fused-ring (bicyclic) bond motifs is 3. The van der Waals surface area contributed by atoms with E-state index < -0.39 is 206 Å². The first-order valence-corrected chi connectivity index (χ1v) is 60.8. The van der Waals surface area contributed by atoms with Crippen molar-refractivity contribution in [2.45, 2.75) is 446 Å². The molecule has 149 heavy (non-hydrogen) atoms. The number of hydrogen-bond donors (Lipinski definition) is 12. The van der Waals surface area contributed by atoms with Gasteiger partial charge in [0.15, 0.2) is 0 Å². The lowest BCUT2D eigenvalue weighted by Gasteiger charge is -2.42. The van der Waals surface area contributed by atoms with Crippen LogP contribution in [0, 0.1) is 73.9 Å². The third-order valence-corrected chi connectivity index (χ3v) is 41.7. The lowest BCUT2D eigenvalue weighted by Crippen LogP contribution is -2.64. The molecular formula is C107H178N18O21S3. The molecule has 12 N–H and O–H groups in total. The summed E-state index contributed by atoms with van der Waals surface area (Å²) >= 11 is 0. The average Bonchev–Trinajstić information content (AvgIpc) is 1.53. The number of carbonyl (C=O) groups excluding carboxylic acids is 15. The van der Waals surface area contributed by atoms with Crippen molar-refractivity contribution >= 4 is 119 Å². The van der Waals surface area contributed by atoms with E-state index in [1.807, 2.05) is 104 Å². The second-order valence-electron chi connectivity index (χ2n) is 52.3. The summed E-state index contributed by atoms with van der Waals surface area (Å²) in [6.45, 7) is 43.2. The number of amides is 15. The van der Waals surface area contributed by atoms with Gasteiger partial charge >= 0.3 is 18.1 Å². The molecule has 10 aliphatic carbocycles. The van der Waals surface area contributed by atoms with Gasteiger partial charge in [-0.05, 0) is 211 Å². The zero-order chi connectivity index (χ0) is 110. The van der Waals surface area contributed by atoms with Gasteiger partial charge in [-0.25, -0.2) is 48.2 Å². The summed E-state index contributed by atoms with van der Waals surface area (Å²) in [6.07, 6.45) is 22.3. The van der Waals surface area contributed by atoms with E-state index in [1.165, 1.54) is 17.8 Å². The van der Waals surface area contributed by atoms with Crippen molar-refractivity contribution in [3.63, 3.8) is 0 Å². The highest BCUT2D eigenvalue weighted by Crippen LogP contribution is 2.67. The molecule has 5 saturated heterocycles. The fourth-order valence-corrected chi connectivity index (χ4v) is 31.8. The number of piperidine rings is 3. The molecular weight excluding hydrogens is 1970 g/mol. The molecule has 15 amide bonds. The summed E-state index contributed by atoms with van der Waals surface area (Å²) in [7, 11) is -10.8. The van der Waals surface area contributed by atoms with Crippen molar-refractivity contribution in [3.05, 3.63) is 0 Å². The molecule has 0 unspecified atom stereocenters. The van der Waals surface area contributed by atoms with Crippen LogP contribution in [0.25, 0.3) is 0 Å². The molecule has 0 spiro atoms. The first-order chi connectivity index (χ1) is 69.4. The third kappa shape index (κ3) is 28.0. The van der Waals surface area contributed by atoms with E-state index in [1.54, 1.807) is 9.80 Å². The van der Waals surface area contributed by atoms with Crippen LogP contribution in [0.5, 0.6) is 0 Å². The quantitative estimate of drug-likeness (QED) is 0.0258. The third-order valence-electron chi connectivity index (χ3n) is 35.1. The number of hydrogen-bond acceptors (Lipinski definition) is 21. The number of nitrogens with zero attached hydrogens (tertiary/aromatic N) is 6. The summed E-state index contributed by atoms with van der Waals surface area (Å²) in [5.41, 5.74) is -5.70. The normalized spacial score (nSPS) is 27.0. The van der Waals surface area contributed by atoms with Crippen molar-refractivity contribution in [1.29, 1.82) is 0 Å². The van der Waals surface area contributed by atoms with Crippen LogP contribution in [-0.2, 0) is 87.6 Å².